The fourth-order valence-electron chi connectivity index (χ4n) is 4.56. The number of benzene rings is 1. The van der Waals surface area contributed by atoms with Crippen LogP contribution in [0.3, 0.4) is 0 Å². The second-order valence-corrected chi connectivity index (χ2v) is 10.4. The van der Waals surface area contributed by atoms with E-state index in [4.69, 9.17) is 19.4 Å². The van der Waals surface area contributed by atoms with E-state index in [0.29, 0.717) is 22.8 Å². The van der Waals surface area contributed by atoms with Crippen molar-refractivity contribution in [3.05, 3.63) is 18.0 Å². The summed E-state index contributed by atoms with van der Waals surface area (Å²) in [7, 11) is -0.173. The third-order valence-electron chi connectivity index (χ3n) is 6.13. The number of hydrogen-bond donors (Lipinski definition) is 2. The topological polar surface area (TPSA) is 125 Å². The molecule has 4 rings (SSSR count). The van der Waals surface area contributed by atoms with Crippen LogP contribution in [0.2, 0.25) is 0 Å². The summed E-state index contributed by atoms with van der Waals surface area (Å²) in [6.45, 7) is 2.03. The number of anilines is 1. The number of aliphatic hydroxyl groups is 2. The molecule has 0 aliphatic carbocycles. The van der Waals surface area contributed by atoms with Gasteiger partial charge < -0.3 is 24.6 Å². The van der Waals surface area contributed by atoms with Crippen molar-refractivity contribution < 1.29 is 28.1 Å². The van der Waals surface area contributed by atoms with Crippen LogP contribution >= 0.6 is 0 Å². The van der Waals surface area contributed by atoms with Gasteiger partial charge in [-0.2, -0.15) is 0 Å². The number of ether oxygens (including phenoxy) is 2. The highest BCUT2D eigenvalue weighted by Gasteiger charge is 2.40. The van der Waals surface area contributed by atoms with Crippen molar-refractivity contribution in [2.75, 3.05) is 56.9 Å². The molecule has 2 saturated heterocycles. The second-order valence-electron chi connectivity index (χ2n) is 8.29. The standard InChI is InChI=1S/C21H30N4O6S/c1-30-18-9-14-15(10-19(18)31-2)22-20(23-21(14)24-5-3-4-6-24)11-25(7-8-26)16-12-32(28,29)13-17(16)27/h9-10,16-17,26-27H,3-8,11-13H2,1-2H3. The van der Waals surface area contributed by atoms with Gasteiger partial charge in [-0.25, -0.2) is 18.4 Å². The smallest absolute Gasteiger partial charge is 0.162 e. The van der Waals surface area contributed by atoms with Crippen LogP contribution in [-0.2, 0) is 16.4 Å². The largest absolute Gasteiger partial charge is 0.493 e. The first kappa shape index (κ1) is 23.0. The number of aliphatic hydroxyl groups excluding tert-OH is 2. The number of hydrogen-bond acceptors (Lipinski definition) is 10. The second kappa shape index (κ2) is 9.34. The maximum absolute atomic E-state index is 12.0. The maximum Gasteiger partial charge on any atom is 0.162 e. The van der Waals surface area contributed by atoms with Gasteiger partial charge in [0, 0.05) is 31.1 Å². The summed E-state index contributed by atoms with van der Waals surface area (Å²) >= 11 is 0. The van der Waals surface area contributed by atoms with E-state index in [9.17, 15) is 18.6 Å². The lowest BCUT2D eigenvalue weighted by atomic mass is 10.1. The molecule has 0 radical (unpaired) electrons. The zero-order valence-electron chi connectivity index (χ0n) is 18.4. The van der Waals surface area contributed by atoms with E-state index in [1.165, 1.54) is 0 Å². The van der Waals surface area contributed by atoms with Gasteiger partial charge in [0.1, 0.15) is 11.6 Å². The Hall–Kier alpha value is -2.21. The molecule has 2 aliphatic heterocycles. The molecule has 2 atom stereocenters. The lowest BCUT2D eigenvalue weighted by Crippen LogP contribution is -2.44. The summed E-state index contributed by atoms with van der Waals surface area (Å²) in [5, 5.41) is 20.8. The van der Waals surface area contributed by atoms with Crippen molar-refractivity contribution >= 4 is 26.6 Å². The monoisotopic (exact) mass is 466 g/mol. The number of aromatic nitrogens is 2. The Morgan fingerprint density at radius 1 is 1.12 bits per heavy atom. The van der Waals surface area contributed by atoms with Gasteiger partial charge in [0.15, 0.2) is 21.3 Å². The van der Waals surface area contributed by atoms with Crippen LogP contribution in [0.15, 0.2) is 12.1 Å². The lowest BCUT2D eigenvalue weighted by molar-refractivity contribution is 0.0640. The highest BCUT2D eigenvalue weighted by Crippen LogP contribution is 2.36. The Morgan fingerprint density at radius 3 is 2.41 bits per heavy atom. The molecule has 10 nitrogen and oxygen atoms in total. The average Bonchev–Trinajstić information content (AvgIpc) is 3.39. The van der Waals surface area contributed by atoms with Crippen LogP contribution in [0.1, 0.15) is 18.7 Å². The van der Waals surface area contributed by atoms with Crippen LogP contribution in [0, 0.1) is 0 Å². The predicted octanol–water partition coefficient (Wildman–Crippen LogP) is 0.199. The van der Waals surface area contributed by atoms with Crippen molar-refractivity contribution in [3.63, 3.8) is 0 Å². The molecule has 3 heterocycles. The molecule has 2 fully saturated rings. The SMILES string of the molecule is COc1cc2nc(CN(CCO)C3CS(=O)(=O)CC3O)nc(N3CCCC3)c2cc1OC. The molecular weight excluding hydrogens is 436 g/mol. The zero-order valence-corrected chi connectivity index (χ0v) is 19.2. The fourth-order valence-corrected chi connectivity index (χ4v) is 6.39. The lowest BCUT2D eigenvalue weighted by Gasteiger charge is -2.29. The van der Waals surface area contributed by atoms with Gasteiger partial charge in [0.25, 0.3) is 0 Å². The minimum Gasteiger partial charge on any atom is -0.493 e. The molecule has 2 aliphatic rings. The molecular formula is C21H30N4O6S. The maximum atomic E-state index is 12.0. The first-order chi connectivity index (χ1) is 15.3. The van der Waals surface area contributed by atoms with E-state index in [0.717, 1.165) is 37.1 Å². The van der Waals surface area contributed by atoms with Gasteiger partial charge in [0.05, 0.1) is 56.5 Å². The molecule has 0 bridgehead atoms. The average molecular weight is 467 g/mol. The van der Waals surface area contributed by atoms with Crippen molar-refractivity contribution in [1.29, 1.82) is 0 Å². The molecule has 32 heavy (non-hydrogen) atoms. The fraction of sp³-hybridized carbons (Fsp3) is 0.619. The Balaban J connectivity index is 1.75. The third kappa shape index (κ3) is 4.61. The quantitative estimate of drug-likeness (QED) is 0.557. The van der Waals surface area contributed by atoms with Crippen LogP contribution in [0.4, 0.5) is 5.82 Å². The van der Waals surface area contributed by atoms with Crippen molar-refractivity contribution in [3.8, 4) is 11.5 Å². The van der Waals surface area contributed by atoms with Crippen LogP contribution in [0.5, 0.6) is 11.5 Å². The molecule has 2 unspecified atom stereocenters. The van der Waals surface area contributed by atoms with E-state index < -0.39 is 22.0 Å². The number of sulfone groups is 1. The molecule has 0 amide bonds. The van der Waals surface area contributed by atoms with Gasteiger partial charge in [-0.15, -0.1) is 0 Å². The number of nitrogens with zero attached hydrogens (tertiary/aromatic N) is 4. The first-order valence-electron chi connectivity index (χ1n) is 10.8. The highest BCUT2D eigenvalue weighted by atomic mass is 32.2. The summed E-state index contributed by atoms with van der Waals surface area (Å²) in [5.74, 6) is 2.03. The first-order valence-corrected chi connectivity index (χ1v) is 12.6. The molecule has 0 saturated carbocycles. The number of rotatable bonds is 8. The van der Waals surface area contributed by atoms with Crippen molar-refractivity contribution in [2.24, 2.45) is 0 Å². The molecule has 176 valence electrons. The summed E-state index contributed by atoms with van der Waals surface area (Å²) in [4.78, 5) is 13.5. The van der Waals surface area contributed by atoms with E-state index >= 15 is 0 Å². The van der Waals surface area contributed by atoms with Gasteiger partial charge in [-0.1, -0.05) is 0 Å². The Morgan fingerprint density at radius 2 is 1.81 bits per heavy atom. The van der Waals surface area contributed by atoms with Crippen LogP contribution < -0.4 is 14.4 Å². The normalized spacial score (nSPS) is 22.7. The molecule has 1 aromatic carbocycles. The van der Waals surface area contributed by atoms with E-state index in [1.54, 1.807) is 19.1 Å². The van der Waals surface area contributed by atoms with Crippen LogP contribution in [0.25, 0.3) is 10.9 Å². The molecule has 11 heteroatoms. The van der Waals surface area contributed by atoms with Gasteiger partial charge >= 0.3 is 0 Å². The van der Waals surface area contributed by atoms with Crippen molar-refractivity contribution in [1.82, 2.24) is 14.9 Å². The van der Waals surface area contributed by atoms with E-state index in [1.807, 2.05) is 12.1 Å². The molecule has 0 spiro atoms. The van der Waals surface area contributed by atoms with Gasteiger partial charge in [-0.3, -0.25) is 4.90 Å². The predicted molar refractivity (Wildman–Crippen MR) is 120 cm³/mol. The highest BCUT2D eigenvalue weighted by molar-refractivity contribution is 7.91. The third-order valence-corrected chi connectivity index (χ3v) is 7.83. The van der Waals surface area contributed by atoms with Crippen molar-refractivity contribution in [2.45, 2.75) is 31.5 Å². The van der Waals surface area contributed by atoms with Gasteiger partial charge in [-0.05, 0) is 18.9 Å². The summed E-state index contributed by atoms with van der Waals surface area (Å²) in [6, 6.07) is 3.08. The van der Waals surface area contributed by atoms with E-state index in [2.05, 4.69) is 4.90 Å². The van der Waals surface area contributed by atoms with Gasteiger partial charge in [0.2, 0.25) is 0 Å². The Labute approximate surface area is 187 Å². The Bertz CT molecular complexity index is 1070. The minimum absolute atomic E-state index is 0.147. The minimum atomic E-state index is -3.33. The molecule has 2 aromatic rings. The number of fused-ring (bicyclic) bond motifs is 1. The number of methoxy groups -OCH3 is 2. The molecule has 2 N–H and O–H groups in total. The van der Waals surface area contributed by atoms with Crippen LogP contribution in [-0.4, -0.2) is 97.6 Å². The van der Waals surface area contributed by atoms with E-state index in [-0.39, 0.29) is 31.2 Å². The summed E-state index contributed by atoms with van der Waals surface area (Å²) in [5.41, 5.74) is 0.693. The zero-order chi connectivity index (χ0) is 22.9. The summed E-state index contributed by atoms with van der Waals surface area (Å²) in [6.07, 6.45) is 1.16. The Kier molecular flexibility index (Phi) is 6.70. The molecule has 1 aromatic heterocycles. The summed E-state index contributed by atoms with van der Waals surface area (Å²) < 4.78 is 35.0.